The average Bonchev–Trinajstić information content (AvgIpc) is 2.70. The molecule has 5 nitrogen and oxygen atoms in total. The SMILES string of the molecule is Cc1ccc(O)c(/C=C/c2nc3cnccc3c(=O)n2-c2c(C)cccc2C)c1. The first kappa shape index (κ1) is 18.6. The molecule has 0 bridgehead atoms. The number of aryl methyl sites for hydroxylation is 3. The maximum Gasteiger partial charge on any atom is 0.266 e. The van der Waals surface area contributed by atoms with Crippen LogP contribution in [0.5, 0.6) is 5.75 Å². The number of rotatable bonds is 3. The summed E-state index contributed by atoms with van der Waals surface area (Å²) < 4.78 is 1.64. The number of hydrogen-bond donors (Lipinski definition) is 1. The van der Waals surface area contributed by atoms with Crippen molar-refractivity contribution in [3.63, 3.8) is 0 Å². The summed E-state index contributed by atoms with van der Waals surface area (Å²) in [4.78, 5) is 22.2. The van der Waals surface area contributed by atoms with E-state index in [9.17, 15) is 9.90 Å². The minimum Gasteiger partial charge on any atom is -0.507 e. The van der Waals surface area contributed by atoms with Crippen LogP contribution in [0.4, 0.5) is 0 Å². The van der Waals surface area contributed by atoms with E-state index in [1.165, 1.54) is 0 Å². The number of aromatic hydroxyl groups is 1. The summed E-state index contributed by atoms with van der Waals surface area (Å²) in [5.41, 5.74) is 4.86. The van der Waals surface area contributed by atoms with E-state index in [0.29, 0.717) is 22.3 Å². The Morgan fingerprint density at radius 3 is 2.52 bits per heavy atom. The summed E-state index contributed by atoms with van der Waals surface area (Å²) in [6, 6.07) is 13.0. The van der Waals surface area contributed by atoms with Gasteiger partial charge < -0.3 is 5.11 Å². The molecule has 4 aromatic rings. The first-order valence-corrected chi connectivity index (χ1v) is 9.37. The average molecular weight is 383 g/mol. The van der Waals surface area contributed by atoms with Crippen molar-refractivity contribution in [2.45, 2.75) is 20.8 Å². The first-order chi connectivity index (χ1) is 14.0. The Morgan fingerprint density at radius 2 is 1.76 bits per heavy atom. The van der Waals surface area contributed by atoms with E-state index >= 15 is 0 Å². The first-order valence-electron chi connectivity index (χ1n) is 9.37. The van der Waals surface area contributed by atoms with Gasteiger partial charge in [0.05, 0.1) is 22.8 Å². The van der Waals surface area contributed by atoms with Crippen molar-refractivity contribution in [1.29, 1.82) is 0 Å². The molecule has 5 heteroatoms. The second kappa shape index (κ2) is 7.36. The van der Waals surface area contributed by atoms with Crippen LogP contribution in [0.15, 0.2) is 59.7 Å². The third kappa shape index (κ3) is 3.43. The molecule has 0 aliphatic heterocycles. The van der Waals surface area contributed by atoms with Gasteiger partial charge >= 0.3 is 0 Å². The molecule has 2 aromatic heterocycles. The van der Waals surface area contributed by atoms with Gasteiger partial charge in [0.25, 0.3) is 5.56 Å². The third-order valence-corrected chi connectivity index (χ3v) is 4.96. The molecule has 1 N–H and O–H groups in total. The van der Waals surface area contributed by atoms with E-state index in [2.05, 4.69) is 4.98 Å². The molecular formula is C24H21N3O2. The lowest BCUT2D eigenvalue weighted by Crippen LogP contribution is -2.24. The van der Waals surface area contributed by atoms with Gasteiger partial charge in [-0.3, -0.25) is 14.3 Å². The Labute approximate surface area is 168 Å². The molecule has 2 aromatic carbocycles. The summed E-state index contributed by atoms with van der Waals surface area (Å²) in [6.07, 6.45) is 6.72. The van der Waals surface area contributed by atoms with Crippen molar-refractivity contribution in [2.75, 3.05) is 0 Å². The summed E-state index contributed by atoms with van der Waals surface area (Å²) in [5, 5.41) is 10.7. The molecular weight excluding hydrogens is 362 g/mol. The zero-order valence-corrected chi connectivity index (χ0v) is 16.5. The van der Waals surface area contributed by atoms with Crippen molar-refractivity contribution in [3.8, 4) is 11.4 Å². The van der Waals surface area contributed by atoms with Crippen LogP contribution >= 0.6 is 0 Å². The number of nitrogens with zero attached hydrogens (tertiary/aromatic N) is 3. The van der Waals surface area contributed by atoms with Gasteiger partial charge in [0.2, 0.25) is 0 Å². The van der Waals surface area contributed by atoms with Crippen molar-refractivity contribution in [2.24, 2.45) is 0 Å². The van der Waals surface area contributed by atoms with Gasteiger partial charge in [0.1, 0.15) is 11.6 Å². The van der Waals surface area contributed by atoms with Gasteiger partial charge in [-0.2, -0.15) is 0 Å². The lowest BCUT2D eigenvalue weighted by molar-refractivity contribution is 0.474. The fourth-order valence-electron chi connectivity index (χ4n) is 3.51. The predicted octanol–water partition coefficient (Wildman–Crippen LogP) is 4.58. The molecule has 0 aliphatic carbocycles. The zero-order chi connectivity index (χ0) is 20.5. The Balaban J connectivity index is 2.01. The van der Waals surface area contributed by atoms with Crippen molar-refractivity contribution < 1.29 is 5.11 Å². The van der Waals surface area contributed by atoms with Gasteiger partial charge in [-0.15, -0.1) is 0 Å². The Kier molecular flexibility index (Phi) is 4.72. The van der Waals surface area contributed by atoms with E-state index in [1.807, 2.05) is 51.1 Å². The second-order valence-electron chi connectivity index (χ2n) is 7.14. The van der Waals surface area contributed by atoms with Crippen LogP contribution in [0.1, 0.15) is 28.1 Å². The number of aromatic nitrogens is 3. The van der Waals surface area contributed by atoms with Crippen LogP contribution in [0.3, 0.4) is 0 Å². The van der Waals surface area contributed by atoms with Gasteiger partial charge in [0.15, 0.2) is 0 Å². The van der Waals surface area contributed by atoms with Crippen molar-refractivity contribution in [3.05, 3.63) is 93.3 Å². The lowest BCUT2D eigenvalue weighted by Gasteiger charge is -2.16. The molecule has 0 radical (unpaired) electrons. The van der Waals surface area contributed by atoms with Crippen LogP contribution in [0.25, 0.3) is 28.7 Å². The van der Waals surface area contributed by atoms with Crippen molar-refractivity contribution in [1.82, 2.24) is 14.5 Å². The molecule has 0 amide bonds. The molecule has 2 heterocycles. The topological polar surface area (TPSA) is 68.0 Å². The van der Waals surface area contributed by atoms with Gasteiger partial charge in [-0.25, -0.2) is 4.98 Å². The number of pyridine rings is 1. The fourth-order valence-corrected chi connectivity index (χ4v) is 3.51. The minimum absolute atomic E-state index is 0.150. The maximum atomic E-state index is 13.4. The fraction of sp³-hybridized carbons (Fsp3) is 0.125. The summed E-state index contributed by atoms with van der Waals surface area (Å²) in [5.74, 6) is 0.657. The number of fused-ring (bicyclic) bond motifs is 1. The molecule has 4 rings (SSSR count). The Bertz CT molecular complexity index is 1300. The van der Waals surface area contributed by atoms with E-state index in [4.69, 9.17) is 4.98 Å². The second-order valence-corrected chi connectivity index (χ2v) is 7.14. The normalized spacial score (nSPS) is 11.4. The number of para-hydroxylation sites is 1. The highest BCUT2D eigenvalue weighted by molar-refractivity contribution is 5.80. The smallest absolute Gasteiger partial charge is 0.266 e. The number of benzene rings is 2. The number of phenolic OH excluding ortho intramolecular Hbond substituents is 1. The predicted molar refractivity (Wildman–Crippen MR) is 116 cm³/mol. The summed E-state index contributed by atoms with van der Waals surface area (Å²) in [7, 11) is 0. The Hall–Kier alpha value is -3.73. The number of hydrogen-bond acceptors (Lipinski definition) is 4. The van der Waals surface area contributed by atoms with Gasteiger partial charge in [-0.1, -0.05) is 29.8 Å². The highest BCUT2D eigenvalue weighted by Crippen LogP contribution is 2.23. The zero-order valence-electron chi connectivity index (χ0n) is 16.5. The van der Waals surface area contributed by atoms with Crippen LogP contribution in [-0.2, 0) is 0 Å². The number of phenols is 1. The van der Waals surface area contributed by atoms with Gasteiger partial charge in [0, 0.05) is 11.8 Å². The lowest BCUT2D eigenvalue weighted by atomic mass is 10.1. The molecule has 0 unspecified atom stereocenters. The molecule has 29 heavy (non-hydrogen) atoms. The van der Waals surface area contributed by atoms with Crippen molar-refractivity contribution >= 4 is 23.1 Å². The molecule has 0 atom stereocenters. The molecule has 144 valence electrons. The highest BCUT2D eigenvalue weighted by atomic mass is 16.3. The highest BCUT2D eigenvalue weighted by Gasteiger charge is 2.14. The molecule has 0 fully saturated rings. The van der Waals surface area contributed by atoms with Crippen LogP contribution in [-0.4, -0.2) is 19.6 Å². The Morgan fingerprint density at radius 1 is 1.00 bits per heavy atom. The standard InChI is InChI=1S/C24H21N3O2/c1-15-7-9-21(28)18(13-15)8-10-22-26-20-14-25-12-11-19(20)24(29)27(22)23-16(2)5-4-6-17(23)3/h4-14,28H,1-3H3/b10-8+. The van der Waals surface area contributed by atoms with Gasteiger partial charge in [-0.05, 0) is 62.2 Å². The van der Waals surface area contributed by atoms with E-state index in [1.54, 1.807) is 41.2 Å². The molecule has 0 aliphatic rings. The summed E-state index contributed by atoms with van der Waals surface area (Å²) >= 11 is 0. The van der Waals surface area contributed by atoms with Crippen LogP contribution in [0.2, 0.25) is 0 Å². The largest absolute Gasteiger partial charge is 0.507 e. The minimum atomic E-state index is -0.150. The third-order valence-electron chi connectivity index (χ3n) is 4.96. The molecule has 0 saturated heterocycles. The monoisotopic (exact) mass is 383 g/mol. The van der Waals surface area contributed by atoms with Crippen LogP contribution in [0, 0.1) is 20.8 Å². The maximum absolute atomic E-state index is 13.4. The molecule has 0 spiro atoms. The van der Waals surface area contributed by atoms with E-state index in [0.717, 1.165) is 22.4 Å². The quantitative estimate of drug-likeness (QED) is 0.562. The van der Waals surface area contributed by atoms with Crippen LogP contribution < -0.4 is 5.56 Å². The summed E-state index contributed by atoms with van der Waals surface area (Å²) in [6.45, 7) is 5.92. The molecule has 0 saturated carbocycles. The van der Waals surface area contributed by atoms with E-state index < -0.39 is 0 Å². The van der Waals surface area contributed by atoms with E-state index in [-0.39, 0.29) is 11.3 Å².